The molecule has 0 spiro atoms. The Morgan fingerprint density at radius 1 is 1.70 bits per heavy atom. The van der Waals surface area contributed by atoms with Gasteiger partial charge in [-0.05, 0) is 6.26 Å². The van der Waals surface area contributed by atoms with E-state index in [-0.39, 0.29) is 5.91 Å². The molecule has 0 aliphatic carbocycles. The van der Waals surface area contributed by atoms with E-state index < -0.39 is 0 Å². The van der Waals surface area contributed by atoms with Crippen LogP contribution in [-0.2, 0) is 4.79 Å². The Morgan fingerprint density at radius 3 is 2.90 bits per heavy atom. The van der Waals surface area contributed by atoms with Crippen molar-refractivity contribution >= 4 is 43.4 Å². The molecule has 0 aromatic carbocycles. The summed E-state index contributed by atoms with van der Waals surface area (Å²) in [5.41, 5.74) is 0. The smallest absolute Gasteiger partial charge is 0.230 e. The summed E-state index contributed by atoms with van der Waals surface area (Å²) in [5, 5.41) is 3.15. The van der Waals surface area contributed by atoms with E-state index >= 15 is 0 Å². The Kier molecular flexibility index (Phi) is 8.26. The van der Waals surface area contributed by atoms with E-state index in [9.17, 15) is 4.79 Å². The van der Waals surface area contributed by atoms with Crippen LogP contribution in [0.4, 0.5) is 0 Å². The average Bonchev–Trinajstić information content (AvgIpc) is 1.98. The van der Waals surface area contributed by atoms with Gasteiger partial charge in [-0.2, -0.15) is 0 Å². The van der Waals surface area contributed by atoms with Crippen molar-refractivity contribution in [3.05, 3.63) is 0 Å². The largest absolute Gasteiger partial charge is 0.355 e. The predicted molar refractivity (Wildman–Crippen MR) is 52.8 cm³/mol. The zero-order valence-electron chi connectivity index (χ0n) is 5.72. The Bertz CT molecular complexity index is 102. The molecule has 0 aliphatic heterocycles. The summed E-state index contributed by atoms with van der Waals surface area (Å²) >= 11 is 3.06. The number of amides is 1. The quantitative estimate of drug-likeness (QED) is 0.451. The maximum Gasteiger partial charge on any atom is 0.230 e. The highest BCUT2D eigenvalue weighted by atomic mass is 79.9. The molecule has 60 valence electrons. The standard InChI is InChI=1S/C5H10BrNOS2/c1-9-10-3-2-7-5(8)4-6/h2-4H2,1H3,(H,7,8). The van der Waals surface area contributed by atoms with Crippen molar-refractivity contribution in [1.29, 1.82) is 0 Å². The van der Waals surface area contributed by atoms with Gasteiger partial charge in [0.05, 0.1) is 5.33 Å². The summed E-state index contributed by atoms with van der Waals surface area (Å²) in [6.07, 6.45) is 2.02. The third kappa shape index (κ3) is 6.77. The highest BCUT2D eigenvalue weighted by molar-refractivity contribution is 9.09. The van der Waals surface area contributed by atoms with Gasteiger partial charge in [-0.15, -0.1) is 0 Å². The molecule has 0 heterocycles. The molecule has 1 N–H and O–H groups in total. The van der Waals surface area contributed by atoms with Crippen molar-refractivity contribution in [2.75, 3.05) is 23.9 Å². The van der Waals surface area contributed by atoms with E-state index in [1.54, 1.807) is 21.6 Å². The first-order valence-corrected chi connectivity index (χ1v) is 6.64. The summed E-state index contributed by atoms with van der Waals surface area (Å²) in [5.74, 6) is 1.03. The summed E-state index contributed by atoms with van der Waals surface area (Å²) < 4.78 is 0. The number of alkyl halides is 1. The second-order valence-corrected chi connectivity index (χ2v) is 4.72. The zero-order chi connectivity index (χ0) is 7.82. The fourth-order valence-corrected chi connectivity index (χ4v) is 1.66. The molecule has 2 nitrogen and oxygen atoms in total. The first-order chi connectivity index (χ1) is 4.81. The molecule has 0 aromatic heterocycles. The van der Waals surface area contributed by atoms with Gasteiger partial charge in [0.15, 0.2) is 0 Å². The fraction of sp³-hybridized carbons (Fsp3) is 0.800. The molecule has 10 heavy (non-hydrogen) atoms. The third-order valence-electron chi connectivity index (χ3n) is 0.747. The van der Waals surface area contributed by atoms with Crippen LogP contribution in [0.1, 0.15) is 0 Å². The molecule has 0 aromatic rings. The van der Waals surface area contributed by atoms with Gasteiger partial charge in [-0.25, -0.2) is 0 Å². The van der Waals surface area contributed by atoms with Gasteiger partial charge in [0.25, 0.3) is 0 Å². The molecular weight excluding hydrogens is 234 g/mol. The van der Waals surface area contributed by atoms with Gasteiger partial charge in [-0.3, -0.25) is 4.79 Å². The molecular formula is C5H10BrNOS2. The Balaban J connectivity index is 2.96. The minimum absolute atomic E-state index is 0.0571. The van der Waals surface area contributed by atoms with Crippen LogP contribution in [0.15, 0.2) is 0 Å². The number of hydrogen-bond donors (Lipinski definition) is 1. The van der Waals surface area contributed by atoms with Crippen LogP contribution in [0.25, 0.3) is 0 Å². The van der Waals surface area contributed by atoms with Crippen LogP contribution in [-0.4, -0.2) is 29.8 Å². The first kappa shape index (κ1) is 10.7. The van der Waals surface area contributed by atoms with Gasteiger partial charge in [0.2, 0.25) is 5.91 Å². The molecule has 5 heteroatoms. The molecule has 0 aliphatic rings. The van der Waals surface area contributed by atoms with Gasteiger partial charge in [-0.1, -0.05) is 37.5 Å². The second-order valence-electron chi connectivity index (χ2n) is 1.47. The maximum absolute atomic E-state index is 10.6. The summed E-state index contributed by atoms with van der Waals surface area (Å²) in [4.78, 5) is 10.6. The fourth-order valence-electron chi connectivity index (χ4n) is 0.363. The van der Waals surface area contributed by atoms with Gasteiger partial charge >= 0.3 is 0 Å². The highest BCUT2D eigenvalue weighted by Gasteiger charge is 1.94. The van der Waals surface area contributed by atoms with E-state index in [4.69, 9.17) is 0 Å². The van der Waals surface area contributed by atoms with E-state index in [0.29, 0.717) is 5.33 Å². The van der Waals surface area contributed by atoms with E-state index in [1.165, 1.54) is 0 Å². The van der Waals surface area contributed by atoms with Gasteiger partial charge < -0.3 is 5.32 Å². The molecule has 0 rings (SSSR count). The maximum atomic E-state index is 10.6. The van der Waals surface area contributed by atoms with Crippen molar-refractivity contribution in [1.82, 2.24) is 5.32 Å². The monoisotopic (exact) mass is 243 g/mol. The Labute approximate surface area is 77.4 Å². The number of carbonyl (C=O) groups excluding carboxylic acids is 1. The second kappa shape index (κ2) is 7.75. The Hall–Kier alpha value is 0.650. The lowest BCUT2D eigenvalue weighted by molar-refractivity contribution is -0.118. The number of halogens is 1. The van der Waals surface area contributed by atoms with Crippen LogP contribution in [0, 0.1) is 0 Å². The predicted octanol–water partition coefficient (Wildman–Crippen LogP) is 1.51. The van der Waals surface area contributed by atoms with E-state index in [1.807, 2.05) is 6.26 Å². The van der Waals surface area contributed by atoms with Crippen LogP contribution in [0.3, 0.4) is 0 Å². The minimum Gasteiger partial charge on any atom is -0.355 e. The van der Waals surface area contributed by atoms with Gasteiger partial charge in [0.1, 0.15) is 0 Å². The van der Waals surface area contributed by atoms with Crippen molar-refractivity contribution in [2.45, 2.75) is 0 Å². The lowest BCUT2D eigenvalue weighted by atomic mass is 10.6. The van der Waals surface area contributed by atoms with Crippen LogP contribution in [0.2, 0.25) is 0 Å². The van der Waals surface area contributed by atoms with E-state index in [2.05, 4.69) is 21.2 Å². The molecule has 0 atom stereocenters. The van der Waals surface area contributed by atoms with Crippen molar-refractivity contribution in [3.63, 3.8) is 0 Å². The number of nitrogens with one attached hydrogen (secondary N) is 1. The number of rotatable bonds is 5. The number of carbonyl (C=O) groups is 1. The first-order valence-electron chi connectivity index (χ1n) is 2.79. The van der Waals surface area contributed by atoms with Crippen LogP contribution >= 0.6 is 37.5 Å². The third-order valence-corrected chi connectivity index (χ3v) is 3.07. The summed E-state index contributed by atoms with van der Waals surface area (Å²) in [6.45, 7) is 0.760. The average molecular weight is 244 g/mol. The van der Waals surface area contributed by atoms with Crippen molar-refractivity contribution in [3.8, 4) is 0 Å². The molecule has 0 bridgehead atoms. The molecule has 1 amide bonds. The SMILES string of the molecule is CSSCCNC(=O)CBr. The Morgan fingerprint density at radius 2 is 2.40 bits per heavy atom. The number of hydrogen-bond acceptors (Lipinski definition) is 3. The minimum atomic E-state index is 0.0571. The van der Waals surface area contributed by atoms with Crippen molar-refractivity contribution in [2.24, 2.45) is 0 Å². The van der Waals surface area contributed by atoms with Gasteiger partial charge in [0, 0.05) is 12.3 Å². The normalized spacial score (nSPS) is 9.40. The topological polar surface area (TPSA) is 29.1 Å². The molecule has 0 saturated heterocycles. The summed E-state index contributed by atoms with van der Waals surface area (Å²) in [6, 6.07) is 0. The molecule has 0 fully saturated rings. The molecule has 0 saturated carbocycles. The summed E-state index contributed by atoms with van der Waals surface area (Å²) in [7, 11) is 3.46. The van der Waals surface area contributed by atoms with Crippen molar-refractivity contribution < 1.29 is 4.79 Å². The molecule has 0 radical (unpaired) electrons. The molecule has 0 unspecified atom stereocenters. The lowest BCUT2D eigenvalue weighted by Crippen LogP contribution is -2.26. The van der Waals surface area contributed by atoms with Crippen LogP contribution < -0.4 is 5.32 Å². The lowest BCUT2D eigenvalue weighted by Gasteiger charge is -1.99. The zero-order valence-corrected chi connectivity index (χ0v) is 8.94. The highest BCUT2D eigenvalue weighted by Crippen LogP contribution is 2.14. The van der Waals surface area contributed by atoms with Crippen LogP contribution in [0.5, 0.6) is 0 Å². The van der Waals surface area contributed by atoms with E-state index in [0.717, 1.165) is 12.3 Å².